The van der Waals surface area contributed by atoms with Crippen LogP contribution < -0.4 is 0 Å². The molecule has 0 aliphatic rings. The maximum atomic E-state index is 14.3. The lowest BCUT2D eigenvalue weighted by atomic mass is 10.0. The van der Waals surface area contributed by atoms with Gasteiger partial charge in [-0.05, 0) is 59.7 Å². The predicted octanol–water partition coefficient (Wildman–Crippen LogP) is 10.6. The number of nitrogens with zero attached hydrogens (tertiary/aromatic N) is 3. The Hall–Kier alpha value is -4.08. The molecule has 15 heteroatoms. The van der Waals surface area contributed by atoms with Crippen molar-refractivity contribution in [3.05, 3.63) is 83.4 Å². The van der Waals surface area contributed by atoms with E-state index in [1.165, 1.54) is 34.8 Å². The summed E-state index contributed by atoms with van der Waals surface area (Å²) in [6.07, 6.45) is -9.60. The third-order valence-corrected chi connectivity index (χ3v) is 9.98. The van der Waals surface area contributed by atoms with Crippen LogP contribution in [0, 0.1) is 11.6 Å². The third-order valence-electron chi connectivity index (χ3n) is 7.10. The lowest BCUT2D eigenvalue weighted by molar-refractivity contribution is -0.140. The van der Waals surface area contributed by atoms with Gasteiger partial charge in [-0.2, -0.15) is 35.8 Å². The number of alkyl halides is 6. The molecule has 0 amide bonds. The summed E-state index contributed by atoms with van der Waals surface area (Å²) in [6.45, 7) is 0. The summed E-state index contributed by atoms with van der Waals surface area (Å²) in [7, 11) is 1.75. The van der Waals surface area contributed by atoms with Crippen LogP contribution in [0.1, 0.15) is 11.1 Å². The molecule has 0 spiro atoms. The largest absolute Gasteiger partial charge is 0.419 e. The number of thiophene rings is 2. The monoisotopic (exact) mass is 666 g/mol. The predicted molar refractivity (Wildman–Crippen MR) is 156 cm³/mol. The Morgan fingerprint density at radius 2 is 1.16 bits per heavy atom. The number of rotatable bonds is 4. The Morgan fingerprint density at radius 3 is 1.64 bits per heavy atom. The minimum Gasteiger partial charge on any atom is -0.293 e. The van der Waals surface area contributed by atoms with E-state index in [4.69, 9.17) is 0 Å². The summed E-state index contributed by atoms with van der Waals surface area (Å²) in [4.78, 5) is 2.58. The molecule has 0 aliphatic carbocycles. The van der Waals surface area contributed by atoms with E-state index in [1.54, 1.807) is 36.0 Å². The lowest BCUT2D eigenvalue weighted by Crippen LogP contribution is -2.08. The molecule has 0 saturated heterocycles. The summed E-state index contributed by atoms with van der Waals surface area (Å²) in [5.74, 6) is -2.72. The van der Waals surface area contributed by atoms with Gasteiger partial charge < -0.3 is 0 Å². The number of aryl methyl sites for hydroxylation is 1. The molecule has 4 heterocycles. The number of hydrogen-bond acceptors (Lipinski definition) is 5. The Kier molecular flexibility index (Phi) is 6.50. The molecule has 7 aromatic rings. The summed E-state index contributed by atoms with van der Waals surface area (Å²) in [6, 6.07) is 12.6. The van der Waals surface area contributed by atoms with E-state index in [0.29, 0.717) is 37.4 Å². The summed E-state index contributed by atoms with van der Waals surface area (Å²) >= 11 is 3.63. The molecule has 0 aliphatic heterocycles. The normalized spacial score (nSPS) is 12.7. The lowest BCUT2D eigenvalue weighted by Gasteiger charge is -2.17. The number of nitrogens with one attached hydrogen (secondary N) is 1. The van der Waals surface area contributed by atoms with Gasteiger partial charge in [-0.3, -0.25) is 9.06 Å². The number of fused-ring (bicyclic) bond motifs is 2. The van der Waals surface area contributed by atoms with Crippen molar-refractivity contribution in [1.82, 2.24) is 18.5 Å². The molecule has 3 aromatic carbocycles. The van der Waals surface area contributed by atoms with Crippen LogP contribution in [0.4, 0.5) is 35.1 Å². The van der Waals surface area contributed by atoms with E-state index < -0.39 is 35.1 Å². The van der Waals surface area contributed by atoms with E-state index in [9.17, 15) is 35.1 Å². The highest BCUT2D eigenvalue weighted by Crippen LogP contribution is 2.48. The SMILES string of the molecule is Cn1nc2c(-c3ccc(-c4ccc(C(F)(F)F)c(F)c4)s3)c3[nH]snc3c(-c3ccc(-c4ccc(C(F)(F)F)c(F)c4)s3)c21. The van der Waals surface area contributed by atoms with E-state index in [-0.39, 0.29) is 0 Å². The molecule has 224 valence electrons. The molecular weight excluding hydrogens is 653 g/mol. The summed E-state index contributed by atoms with van der Waals surface area (Å²) in [5.41, 5.74) is 2.02. The second-order valence-electron chi connectivity index (χ2n) is 9.79. The van der Waals surface area contributed by atoms with E-state index in [1.807, 2.05) is 0 Å². The van der Waals surface area contributed by atoms with E-state index in [2.05, 4.69) is 13.8 Å². The van der Waals surface area contributed by atoms with Crippen LogP contribution in [0.2, 0.25) is 0 Å². The molecule has 0 fully saturated rings. The van der Waals surface area contributed by atoms with Crippen LogP contribution in [0.15, 0.2) is 60.7 Å². The first-order valence-corrected chi connectivity index (χ1v) is 15.0. The van der Waals surface area contributed by atoms with Gasteiger partial charge in [-0.1, -0.05) is 12.1 Å². The first-order chi connectivity index (χ1) is 20.8. The molecule has 1 N–H and O–H groups in total. The van der Waals surface area contributed by atoms with Gasteiger partial charge in [-0.25, -0.2) is 8.78 Å². The molecule has 0 saturated carbocycles. The number of H-pyrrole nitrogens is 1. The molecule has 4 nitrogen and oxygen atoms in total. The quantitative estimate of drug-likeness (QED) is 0.190. The summed E-state index contributed by atoms with van der Waals surface area (Å²) < 4.78 is 116. The van der Waals surface area contributed by atoms with Crippen molar-refractivity contribution in [2.45, 2.75) is 12.4 Å². The van der Waals surface area contributed by atoms with Gasteiger partial charge in [0.1, 0.15) is 22.7 Å². The number of aromatic amines is 1. The zero-order chi connectivity index (χ0) is 31.1. The second-order valence-corrected chi connectivity index (χ2v) is 12.5. The van der Waals surface area contributed by atoms with E-state index in [0.717, 1.165) is 62.4 Å². The van der Waals surface area contributed by atoms with Crippen molar-refractivity contribution in [2.24, 2.45) is 7.05 Å². The standard InChI is InChI=1S/C29H14F8N4S3/c1-41-27-23(21-9-7-19(43-21)13-3-5-15(17(31)11-13)29(35,36)37)25-24(39-44-40-25)22(26(27)38-41)20-8-6-18(42-20)12-2-4-14(16(30)10-12)28(32,33)34/h2-11,39H,1H3. The molecule has 0 atom stereocenters. The number of aromatic nitrogens is 4. The van der Waals surface area contributed by atoms with Gasteiger partial charge in [0, 0.05) is 49.4 Å². The van der Waals surface area contributed by atoms with Gasteiger partial charge in [0.15, 0.2) is 0 Å². The van der Waals surface area contributed by atoms with Crippen molar-refractivity contribution >= 4 is 56.5 Å². The van der Waals surface area contributed by atoms with Crippen molar-refractivity contribution in [1.29, 1.82) is 0 Å². The highest BCUT2D eigenvalue weighted by atomic mass is 32.1. The molecule has 4 aromatic heterocycles. The number of hydrogen-bond donors (Lipinski definition) is 1. The fraction of sp³-hybridized carbons (Fsp3) is 0.103. The first kappa shape index (κ1) is 28.7. The van der Waals surface area contributed by atoms with Crippen molar-refractivity contribution in [2.75, 3.05) is 0 Å². The molecule has 0 unspecified atom stereocenters. The number of halogens is 8. The molecule has 0 radical (unpaired) electrons. The maximum absolute atomic E-state index is 14.3. The smallest absolute Gasteiger partial charge is 0.293 e. The zero-order valence-electron chi connectivity index (χ0n) is 21.9. The van der Waals surface area contributed by atoms with Gasteiger partial charge in [-0.15, -0.1) is 22.7 Å². The molecule has 7 rings (SSSR count). The molecule has 44 heavy (non-hydrogen) atoms. The highest BCUT2D eigenvalue weighted by molar-refractivity contribution is 7.19. The zero-order valence-corrected chi connectivity index (χ0v) is 24.3. The van der Waals surface area contributed by atoms with Crippen LogP contribution in [-0.4, -0.2) is 18.5 Å². The average Bonchev–Trinajstić information content (AvgIpc) is 3.72. The fourth-order valence-electron chi connectivity index (χ4n) is 5.11. The number of benzene rings is 3. The Bertz CT molecular complexity index is 2210. The van der Waals surface area contributed by atoms with Crippen molar-refractivity contribution < 1.29 is 35.1 Å². The van der Waals surface area contributed by atoms with E-state index >= 15 is 0 Å². The van der Waals surface area contributed by atoms with Crippen LogP contribution in [0.3, 0.4) is 0 Å². The Balaban J connectivity index is 1.31. The van der Waals surface area contributed by atoms with Gasteiger partial charge >= 0.3 is 12.4 Å². The second kappa shape index (κ2) is 9.97. The first-order valence-electron chi connectivity index (χ1n) is 12.6. The highest BCUT2D eigenvalue weighted by Gasteiger charge is 2.35. The molecular formula is C29H14F8N4S3. The Morgan fingerprint density at radius 1 is 0.659 bits per heavy atom. The average molecular weight is 667 g/mol. The fourth-order valence-corrected chi connectivity index (χ4v) is 7.82. The van der Waals surface area contributed by atoms with Crippen molar-refractivity contribution in [3.63, 3.8) is 0 Å². The van der Waals surface area contributed by atoms with Gasteiger partial charge in [0.2, 0.25) is 0 Å². The van der Waals surface area contributed by atoms with Crippen LogP contribution in [-0.2, 0) is 19.4 Å². The third kappa shape index (κ3) is 4.61. The topological polar surface area (TPSA) is 46.5 Å². The van der Waals surface area contributed by atoms with Crippen LogP contribution >= 0.6 is 34.4 Å². The maximum Gasteiger partial charge on any atom is 0.419 e. The minimum absolute atomic E-state index is 0.297. The van der Waals surface area contributed by atoms with Crippen LogP contribution in [0.5, 0.6) is 0 Å². The molecule has 0 bridgehead atoms. The Labute approximate surface area is 254 Å². The van der Waals surface area contributed by atoms with Gasteiger partial charge in [0.05, 0.1) is 22.2 Å². The minimum atomic E-state index is -4.80. The summed E-state index contributed by atoms with van der Waals surface area (Å²) in [5, 5.41) is 4.58. The van der Waals surface area contributed by atoms with Crippen LogP contribution in [0.25, 0.3) is 63.8 Å². The van der Waals surface area contributed by atoms with Crippen molar-refractivity contribution in [3.8, 4) is 41.8 Å². The van der Waals surface area contributed by atoms with Gasteiger partial charge in [0.25, 0.3) is 0 Å².